The van der Waals surface area contributed by atoms with Crippen molar-refractivity contribution >= 4 is 33.3 Å². The van der Waals surface area contributed by atoms with Crippen LogP contribution in [0, 0.1) is 0 Å². The zero-order valence-electron chi connectivity index (χ0n) is 9.06. The van der Waals surface area contributed by atoms with Gasteiger partial charge in [0.2, 0.25) is 11.2 Å². The SMILES string of the molecule is COc1nc(Cl)nc(NC(C)(C)C)c1Br. The van der Waals surface area contributed by atoms with Crippen LogP contribution in [-0.2, 0) is 0 Å². The largest absolute Gasteiger partial charge is 0.480 e. The molecule has 1 N–H and O–H groups in total. The van der Waals surface area contributed by atoms with E-state index in [-0.39, 0.29) is 10.8 Å². The van der Waals surface area contributed by atoms with Crippen LogP contribution in [-0.4, -0.2) is 22.6 Å². The molecule has 0 spiro atoms. The highest BCUT2D eigenvalue weighted by Crippen LogP contribution is 2.31. The Balaban J connectivity index is 3.12. The Kier molecular flexibility index (Phi) is 3.78. The molecule has 1 heterocycles. The lowest BCUT2D eigenvalue weighted by molar-refractivity contribution is 0.394. The van der Waals surface area contributed by atoms with E-state index in [2.05, 4.69) is 31.2 Å². The van der Waals surface area contributed by atoms with E-state index in [9.17, 15) is 0 Å². The summed E-state index contributed by atoms with van der Waals surface area (Å²) < 4.78 is 5.73. The Morgan fingerprint density at radius 1 is 1.33 bits per heavy atom. The fraction of sp³-hybridized carbons (Fsp3) is 0.556. The number of hydrogen-bond donors (Lipinski definition) is 1. The summed E-state index contributed by atoms with van der Waals surface area (Å²) in [5.74, 6) is 1.04. The normalized spacial score (nSPS) is 11.3. The van der Waals surface area contributed by atoms with Gasteiger partial charge in [0.1, 0.15) is 10.3 Å². The summed E-state index contributed by atoms with van der Waals surface area (Å²) in [7, 11) is 1.53. The van der Waals surface area contributed by atoms with Crippen molar-refractivity contribution in [2.75, 3.05) is 12.4 Å². The maximum absolute atomic E-state index is 5.77. The number of rotatable bonds is 2. The first kappa shape index (κ1) is 12.5. The van der Waals surface area contributed by atoms with Gasteiger partial charge in [-0.15, -0.1) is 0 Å². The van der Waals surface area contributed by atoms with Crippen molar-refractivity contribution in [3.63, 3.8) is 0 Å². The molecule has 0 unspecified atom stereocenters. The first-order chi connectivity index (χ1) is 6.83. The molecule has 1 aromatic heterocycles. The third-order valence-corrected chi connectivity index (χ3v) is 2.36. The molecule has 0 aliphatic heterocycles. The Morgan fingerprint density at radius 3 is 2.40 bits per heavy atom. The van der Waals surface area contributed by atoms with Crippen LogP contribution in [0.2, 0.25) is 5.28 Å². The van der Waals surface area contributed by atoms with Crippen LogP contribution in [0.25, 0.3) is 0 Å². The summed E-state index contributed by atoms with van der Waals surface area (Å²) in [6.45, 7) is 6.09. The third kappa shape index (κ3) is 3.50. The second kappa shape index (κ2) is 4.53. The Bertz CT molecular complexity index is 365. The van der Waals surface area contributed by atoms with Crippen LogP contribution < -0.4 is 10.1 Å². The van der Waals surface area contributed by atoms with Crippen molar-refractivity contribution in [1.29, 1.82) is 0 Å². The number of anilines is 1. The first-order valence-corrected chi connectivity index (χ1v) is 5.56. The summed E-state index contributed by atoms with van der Waals surface area (Å²) in [5.41, 5.74) is -0.106. The number of aromatic nitrogens is 2. The van der Waals surface area contributed by atoms with Crippen LogP contribution in [0.1, 0.15) is 20.8 Å². The lowest BCUT2D eigenvalue weighted by atomic mass is 10.1. The van der Waals surface area contributed by atoms with Gasteiger partial charge in [-0.1, -0.05) is 0 Å². The molecule has 1 aromatic rings. The molecule has 0 bridgehead atoms. The molecule has 6 heteroatoms. The molecule has 0 aliphatic carbocycles. The number of halogens is 2. The molecule has 0 saturated heterocycles. The average Bonchev–Trinajstić information content (AvgIpc) is 2.08. The summed E-state index contributed by atoms with van der Waals surface area (Å²) in [6, 6.07) is 0. The number of nitrogens with zero attached hydrogens (tertiary/aromatic N) is 2. The van der Waals surface area contributed by atoms with E-state index in [1.54, 1.807) is 0 Å². The average molecular weight is 295 g/mol. The van der Waals surface area contributed by atoms with Gasteiger partial charge in [0.15, 0.2) is 0 Å². The molecule has 0 saturated carbocycles. The van der Waals surface area contributed by atoms with Crippen molar-refractivity contribution in [1.82, 2.24) is 9.97 Å². The summed E-state index contributed by atoms with van der Waals surface area (Å²) in [5, 5.41) is 3.36. The summed E-state index contributed by atoms with van der Waals surface area (Å²) in [6.07, 6.45) is 0. The lowest BCUT2D eigenvalue weighted by Crippen LogP contribution is -2.27. The molecule has 0 amide bonds. The monoisotopic (exact) mass is 293 g/mol. The first-order valence-electron chi connectivity index (χ1n) is 4.38. The topological polar surface area (TPSA) is 47.0 Å². The van der Waals surface area contributed by atoms with Crippen molar-refractivity contribution in [2.24, 2.45) is 0 Å². The van der Waals surface area contributed by atoms with Crippen molar-refractivity contribution in [2.45, 2.75) is 26.3 Å². The van der Waals surface area contributed by atoms with E-state index >= 15 is 0 Å². The maximum atomic E-state index is 5.77. The highest BCUT2D eigenvalue weighted by Gasteiger charge is 2.17. The Morgan fingerprint density at radius 2 is 1.93 bits per heavy atom. The fourth-order valence-corrected chi connectivity index (χ4v) is 1.57. The molecule has 0 fully saturated rings. The second-order valence-corrected chi connectivity index (χ2v) is 5.17. The Labute approximate surface area is 103 Å². The highest BCUT2D eigenvalue weighted by atomic mass is 79.9. The number of ether oxygens (including phenoxy) is 1. The van der Waals surface area contributed by atoms with E-state index in [0.717, 1.165) is 0 Å². The third-order valence-electron chi connectivity index (χ3n) is 1.48. The molecule has 0 aromatic carbocycles. The lowest BCUT2D eigenvalue weighted by Gasteiger charge is -2.22. The van der Waals surface area contributed by atoms with E-state index < -0.39 is 0 Å². The molecule has 15 heavy (non-hydrogen) atoms. The second-order valence-electron chi connectivity index (χ2n) is 4.04. The predicted octanol–water partition coefficient (Wildman–Crippen LogP) is 3.11. The van der Waals surface area contributed by atoms with E-state index in [1.165, 1.54) is 7.11 Å². The van der Waals surface area contributed by atoms with Crippen LogP contribution in [0.3, 0.4) is 0 Å². The molecular weight excluding hydrogens is 281 g/mol. The zero-order chi connectivity index (χ0) is 11.6. The van der Waals surface area contributed by atoms with Crippen molar-refractivity contribution in [3.8, 4) is 5.88 Å². The van der Waals surface area contributed by atoms with Crippen LogP contribution in [0.15, 0.2) is 4.47 Å². The van der Waals surface area contributed by atoms with Crippen LogP contribution in [0.4, 0.5) is 5.82 Å². The van der Waals surface area contributed by atoms with Gasteiger partial charge >= 0.3 is 0 Å². The molecule has 84 valence electrons. The van der Waals surface area contributed by atoms with Crippen LogP contribution >= 0.6 is 27.5 Å². The highest BCUT2D eigenvalue weighted by molar-refractivity contribution is 9.10. The smallest absolute Gasteiger partial charge is 0.234 e. The van der Waals surface area contributed by atoms with E-state index in [0.29, 0.717) is 16.2 Å². The molecule has 1 rings (SSSR count). The number of hydrogen-bond acceptors (Lipinski definition) is 4. The molecular formula is C9H13BrClN3O. The summed E-state index contributed by atoms with van der Waals surface area (Å²) >= 11 is 9.12. The van der Waals surface area contributed by atoms with Gasteiger partial charge in [0.25, 0.3) is 0 Å². The minimum absolute atomic E-state index is 0.106. The molecule has 0 radical (unpaired) electrons. The van der Waals surface area contributed by atoms with Gasteiger partial charge in [-0.05, 0) is 48.3 Å². The molecule has 4 nitrogen and oxygen atoms in total. The zero-order valence-corrected chi connectivity index (χ0v) is 11.4. The van der Waals surface area contributed by atoms with E-state index in [4.69, 9.17) is 16.3 Å². The number of methoxy groups -OCH3 is 1. The number of nitrogens with one attached hydrogen (secondary N) is 1. The summed E-state index contributed by atoms with van der Waals surface area (Å²) in [4.78, 5) is 8.01. The standard InChI is InChI=1S/C9H13BrClN3O/c1-9(2,3)14-6-5(10)7(15-4)13-8(11)12-6/h1-4H3,(H,12,13,14). The van der Waals surface area contributed by atoms with E-state index in [1.807, 2.05) is 20.8 Å². The minimum atomic E-state index is -0.106. The molecule has 0 aliphatic rings. The van der Waals surface area contributed by atoms with Gasteiger partial charge < -0.3 is 10.1 Å². The van der Waals surface area contributed by atoms with Gasteiger partial charge in [-0.2, -0.15) is 9.97 Å². The van der Waals surface area contributed by atoms with Gasteiger partial charge in [0.05, 0.1) is 7.11 Å². The quantitative estimate of drug-likeness (QED) is 0.851. The Hall–Kier alpha value is -0.550. The van der Waals surface area contributed by atoms with Gasteiger partial charge in [-0.3, -0.25) is 0 Å². The molecule has 0 atom stereocenters. The minimum Gasteiger partial charge on any atom is -0.480 e. The predicted molar refractivity (Wildman–Crippen MR) is 64.7 cm³/mol. The van der Waals surface area contributed by atoms with Gasteiger partial charge in [-0.25, -0.2) is 0 Å². The van der Waals surface area contributed by atoms with Crippen molar-refractivity contribution in [3.05, 3.63) is 9.76 Å². The fourth-order valence-electron chi connectivity index (χ4n) is 0.974. The maximum Gasteiger partial charge on any atom is 0.234 e. The van der Waals surface area contributed by atoms with Crippen LogP contribution in [0.5, 0.6) is 5.88 Å². The van der Waals surface area contributed by atoms with Gasteiger partial charge in [0, 0.05) is 5.54 Å². The van der Waals surface area contributed by atoms with Crippen molar-refractivity contribution < 1.29 is 4.74 Å².